The van der Waals surface area contributed by atoms with E-state index in [9.17, 15) is 9.59 Å². The molecule has 0 radical (unpaired) electrons. The summed E-state index contributed by atoms with van der Waals surface area (Å²) in [5, 5.41) is 2.85. The molecule has 2 aromatic rings. The van der Waals surface area contributed by atoms with Gasteiger partial charge in [0.2, 0.25) is 0 Å². The summed E-state index contributed by atoms with van der Waals surface area (Å²) < 4.78 is 15.4. The monoisotopic (exact) mass is 357 g/mol. The molecule has 0 saturated heterocycles. The molecule has 2 aromatic carbocycles. The smallest absolute Gasteiger partial charge is 0.337 e. The van der Waals surface area contributed by atoms with Gasteiger partial charge in [-0.05, 0) is 29.7 Å². The topological polar surface area (TPSA) is 73.9 Å². The summed E-state index contributed by atoms with van der Waals surface area (Å²) in [5.41, 5.74) is 1.51. The third kappa shape index (κ3) is 5.24. The van der Waals surface area contributed by atoms with Gasteiger partial charge in [0, 0.05) is 6.54 Å². The number of carbonyl (C=O) groups excluding carboxylic acids is 2. The molecule has 0 saturated carbocycles. The van der Waals surface area contributed by atoms with Crippen molar-refractivity contribution >= 4 is 11.9 Å². The summed E-state index contributed by atoms with van der Waals surface area (Å²) in [6.45, 7) is 2.42. The van der Waals surface area contributed by atoms with Gasteiger partial charge in [0.1, 0.15) is 0 Å². The second kappa shape index (κ2) is 9.46. The predicted octanol–water partition coefficient (Wildman–Crippen LogP) is 2.78. The molecule has 0 bridgehead atoms. The van der Waals surface area contributed by atoms with Crippen LogP contribution in [-0.4, -0.2) is 39.2 Å². The third-order valence-electron chi connectivity index (χ3n) is 3.92. The van der Waals surface area contributed by atoms with E-state index in [4.69, 9.17) is 9.47 Å². The van der Waals surface area contributed by atoms with Gasteiger partial charge in [0.05, 0.1) is 19.8 Å². The lowest BCUT2D eigenvalue weighted by Crippen LogP contribution is -2.31. The largest absolute Gasteiger partial charge is 0.493 e. The zero-order chi connectivity index (χ0) is 18.9. The van der Waals surface area contributed by atoms with Crippen LogP contribution in [0, 0.1) is 0 Å². The number of esters is 1. The van der Waals surface area contributed by atoms with Crippen LogP contribution in [0.1, 0.15) is 28.8 Å². The van der Waals surface area contributed by atoms with Gasteiger partial charge < -0.3 is 19.5 Å². The maximum absolute atomic E-state index is 12.0. The molecule has 0 aliphatic rings. The molecule has 2 rings (SSSR count). The van der Waals surface area contributed by atoms with Crippen LogP contribution in [0.5, 0.6) is 11.5 Å². The number of nitrogens with one attached hydrogen (secondary N) is 1. The average Bonchev–Trinajstić information content (AvgIpc) is 2.70. The third-order valence-corrected chi connectivity index (χ3v) is 3.92. The molecule has 138 valence electrons. The molecule has 1 atom stereocenters. The number of rotatable bonds is 8. The molecule has 1 N–H and O–H groups in total. The van der Waals surface area contributed by atoms with E-state index in [2.05, 4.69) is 10.1 Å². The maximum Gasteiger partial charge on any atom is 0.337 e. The van der Waals surface area contributed by atoms with Gasteiger partial charge in [0.15, 0.2) is 18.1 Å². The molecule has 0 fully saturated rings. The van der Waals surface area contributed by atoms with Crippen LogP contribution in [0.25, 0.3) is 0 Å². The highest BCUT2D eigenvalue weighted by molar-refractivity contribution is 5.90. The first-order chi connectivity index (χ1) is 12.5. The summed E-state index contributed by atoms with van der Waals surface area (Å²) in [6.07, 6.45) is 0. The van der Waals surface area contributed by atoms with Crippen molar-refractivity contribution in [3.63, 3.8) is 0 Å². The van der Waals surface area contributed by atoms with Crippen molar-refractivity contribution in [1.29, 1.82) is 0 Å². The van der Waals surface area contributed by atoms with E-state index in [1.165, 1.54) is 20.3 Å². The highest BCUT2D eigenvalue weighted by Crippen LogP contribution is 2.28. The first-order valence-corrected chi connectivity index (χ1v) is 8.26. The second-order valence-corrected chi connectivity index (χ2v) is 5.76. The van der Waals surface area contributed by atoms with Gasteiger partial charge in [-0.3, -0.25) is 4.79 Å². The Balaban J connectivity index is 1.88. The molecule has 6 nitrogen and oxygen atoms in total. The second-order valence-electron chi connectivity index (χ2n) is 5.76. The highest BCUT2D eigenvalue weighted by Gasteiger charge is 2.13. The van der Waals surface area contributed by atoms with Crippen molar-refractivity contribution < 1.29 is 23.8 Å². The number of carbonyl (C=O) groups is 2. The molecule has 0 aromatic heterocycles. The van der Waals surface area contributed by atoms with Gasteiger partial charge >= 0.3 is 5.97 Å². The molecular weight excluding hydrogens is 334 g/mol. The van der Waals surface area contributed by atoms with Crippen molar-refractivity contribution in [2.75, 3.05) is 27.4 Å². The Morgan fingerprint density at radius 1 is 1.04 bits per heavy atom. The number of hydrogen-bond donors (Lipinski definition) is 1. The first kappa shape index (κ1) is 19.3. The maximum atomic E-state index is 12.0. The predicted molar refractivity (Wildman–Crippen MR) is 97.7 cm³/mol. The van der Waals surface area contributed by atoms with Crippen molar-refractivity contribution in [3.05, 3.63) is 59.7 Å². The Morgan fingerprint density at radius 2 is 1.77 bits per heavy atom. The standard InChI is InChI=1S/C20H23NO5/c1-14(15-7-5-4-6-8-15)12-21-19(22)13-26-17-10-9-16(20(23)25-3)11-18(17)24-2/h4-11,14H,12-13H2,1-3H3,(H,21,22)/t14-/m0/s1. The van der Waals surface area contributed by atoms with E-state index in [1.54, 1.807) is 12.1 Å². The van der Waals surface area contributed by atoms with Gasteiger partial charge in [-0.1, -0.05) is 37.3 Å². The zero-order valence-electron chi connectivity index (χ0n) is 15.2. The summed E-state index contributed by atoms with van der Waals surface area (Å²) >= 11 is 0. The fraction of sp³-hybridized carbons (Fsp3) is 0.300. The SMILES string of the molecule is COC(=O)c1ccc(OCC(=O)NC[C@H](C)c2ccccc2)c(OC)c1. The minimum Gasteiger partial charge on any atom is -0.493 e. The molecular formula is C20H23NO5. The van der Waals surface area contributed by atoms with Crippen LogP contribution in [0.2, 0.25) is 0 Å². The first-order valence-electron chi connectivity index (χ1n) is 8.26. The van der Waals surface area contributed by atoms with Gasteiger partial charge in [-0.15, -0.1) is 0 Å². The fourth-order valence-electron chi connectivity index (χ4n) is 2.39. The normalized spacial score (nSPS) is 11.3. The highest BCUT2D eigenvalue weighted by atomic mass is 16.5. The molecule has 6 heteroatoms. The number of amides is 1. The minimum atomic E-state index is -0.470. The van der Waals surface area contributed by atoms with Crippen LogP contribution in [-0.2, 0) is 9.53 Å². The van der Waals surface area contributed by atoms with Crippen molar-refractivity contribution in [2.24, 2.45) is 0 Å². The number of methoxy groups -OCH3 is 2. The molecule has 0 aliphatic carbocycles. The Kier molecular flexibility index (Phi) is 7.02. The van der Waals surface area contributed by atoms with Gasteiger partial charge in [-0.25, -0.2) is 4.79 Å². The van der Waals surface area contributed by atoms with Crippen LogP contribution in [0.4, 0.5) is 0 Å². The molecule has 0 spiro atoms. The summed E-state index contributed by atoms with van der Waals surface area (Å²) in [4.78, 5) is 23.6. The molecule has 1 amide bonds. The molecule has 26 heavy (non-hydrogen) atoms. The Hall–Kier alpha value is -3.02. The Bertz CT molecular complexity index is 745. The van der Waals surface area contributed by atoms with Crippen LogP contribution >= 0.6 is 0 Å². The molecule has 0 unspecified atom stereocenters. The summed E-state index contributed by atoms with van der Waals surface area (Å²) in [7, 11) is 2.77. The number of ether oxygens (including phenoxy) is 3. The number of benzene rings is 2. The Labute approximate surface area is 153 Å². The van der Waals surface area contributed by atoms with E-state index in [1.807, 2.05) is 37.3 Å². The van der Waals surface area contributed by atoms with Crippen LogP contribution in [0.3, 0.4) is 0 Å². The van der Waals surface area contributed by atoms with Gasteiger partial charge in [0.25, 0.3) is 5.91 Å². The molecule has 0 aliphatic heterocycles. The zero-order valence-corrected chi connectivity index (χ0v) is 15.2. The van der Waals surface area contributed by atoms with E-state index in [-0.39, 0.29) is 18.4 Å². The minimum absolute atomic E-state index is 0.143. The fourth-order valence-corrected chi connectivity index (χ4v) is 2.39. The summed E-state index contributed by atoms with van der Waals surface area (Å²) in [5.74, 6) is 0.244. The van der Waals surface area contributed by atoms with Crippen molar-refractivity contribution in [3.8, 4) is 11.5 Å². The lowest BCUT2D eigenvalue weighted by atomic mass is 10.0. The van der Waals surface area contributed by atoms with Crippen LogP contribution in [0.15, 0.2) is 48.5 Å². The van der Waals surface area contributed by atoms with Crippen molar-refractivity contribution in [2.45, 2.75) is 12.8 Å². The van der Waals surface area contributed by atoms with Gasteiger partial charge in [-0.2, -0.15) is 0 Å². The van der Waals surface area contributed by atoms with Crippen LogP contribution < -0.4 is 14.8 Å². The quantitative estimate of drug-likeness (QED) is 0.736. The van der Waals surface area contributed by atoms with E-state index >= 15 is 0 Å². The Morgan fingerprint density at radius 3 is 2.42 bits per heavy atom. The lowest BCUT2D eigenvalue weighted by molar-refractivity contribution is -0.123. The lowest BCUT2D eigenvalue weighted by Gasteiger charge is -2.14. The van der Waals surface area contributed by atoms with E-state index in [0.717, 1.165) is 5.56 Å². The van der Waals surface area contributed by atoms with Crippen molar-refractivity contribution in [1.82, 2.24) is 5.32 Å². The average molecular weight is 357 g/mol. The number of hydrogen-bond acceptors (Lipinski definition) is 5. The van der Waals surface area contributed by atoms with E-state index in [0.29, 0.717) is 23.6 Å². The van der Waals surface area contributed by atoms with E-state index < -0.39 is 5.97 Å². The summed E-state index contributed by atoms with van der Waals surface area (Å²) in [6, 6.07) is 14.6. The molecule has 0 heterocycles.